The Morgan fingerprint density at radius 3 is 2.19 bits per heavy atom. The normalized spacial score (nSPS) is 17.7. The third kappa shape index (κ3) is 2.91. The number of benzene rings is 3. The van der Waals surface area contributed by atoms with Crippen LogP contribution in [0.4, 0.5) is 0 Å². The number of nitrogens with zero attached hydrogens (tertiary/aromatic N) is 1. The monoisotopic (exact) mass is 343 g/mol. The second-order valence-electron chi connectivity index (χ2n) is 6.62. The summed E-state index contributed by atoms with van der Waals surface area (Å²) in [6.07, 6.45) is 0. The molecule has 3 nitrogen and oxygen atoms in total. The number of hydrogen-bond acceptors (Lipinski definition) is 2. The fraction of sp³-hybridized carbons (Fsp3) is 0.174. The molecule has 3 heteroatoms. The van der Waals surface area contributed by atoms with Crippen LogP contribution in [-0.4, -0.2) is 22.5 Å². The topological polar surface area (TPSA) is 40.5 Å². The minimum absolute atomic E-state index is 0.0396. The van der Waals surface area contributed by atoms with Crippen LogP contribution < -0.4 is 0 Å². The molecule has 0 saturated carbocycles. The van der Waals surface area contributed by atoms with E-state index in [4.69, 9.17) is 0 Å². The van der Waals surface area contributed by atoms with Gasteiger partial charge in [-0.05, 0) is 22.3 Å². The first kappa shape index (κ1) is 16.6. The van der Waals surface area contributed by atoms with Crippen molar-refractivity contribution < 1.29 is 9.90 Å². The van der Waals surface area contributed by atoms with Crippen molar-refractivity contribution in [2.45, 2.75) is 18.5 Å². The molecule has 0 unspecified atom stereocenters. The van der Waals surface area contributed by atoms with E-state index in [-0.39, 0.29) is 24.5 Å². The smallest absolute Gasteiger partial charge is 0.235 e. The summed E-state index contributed by atoms with van der Waals surface area (Å²) < 4.78 is 0. The van der Waals surface area contributed by atoms with Crippen molar-refractivity contribution in [2.24, 2.45) is 0 Å². The molecule has 0 aliphatic carbocycles. The van der Waals surface area contributed by atoms with E-state index in [9.17, 15) is 9.90 Å². The van der Waals surface area contributed by atoms with Crippen molar-refractivity contribution in [3.63, 3.8) is 0 Å². The molecule has 1 amide bonds. The predicted octanol–water partition coefficient (Wildman–Crippen LogP) is 3.89. The van der Waals surface area contributed by atoms with E-state index in [2.05, 4.69) is 6.07 Å². The molecule has 1 heterocycles. The molecule has 3 aromatic carbocycles. The molecule has 0 radical (unpaired) electrons. The molecule has 1 aliphatic rings. The summed E-state index contributed by atoms with van der Waals surface area (Å²) in [5, 5.41) is 10.1. The summed E-state index contributed by atoms with van der Waals surface area (Å²) in [6, 6.07) is 27.4. The summed E-state index contributed by atoms with van der Waals surface area (Å²) in [5.41, 5.74) is 4.13. The Labute approximate surface area is 153 Å². The first-order chi connectivity index (χ1) is 12.8. The van der Waals surface area contributed by atoms with Crippen LogP contribution in [0.25, 0.3) is 0 Å². The molecule has 3 aromatic rings. The Morgan fingerprint density at radius 2 is 1.50 bits per heavy atom. The highest BCUT2D eigenvalue weighted by Gasteiger charge is 2.37. The molecule has 0 spiro atoms. The highest BCUT2D eigenvalue weighted by atomic mass is 16.3. The standard InChI is InChI=1S/C23H21NO2/c25-16-21(17-9-3-1-4-10-17)24-15-19-13-7-8-14-20(19)22(23(24)26)18-11-5-2-6-12-18/h1-14,21-22,25H,15-16H2/t21-,22+/m0/s1. The minimum atomic E-state index is -0.344. The quantitative estimate of drug-likeness (QED) is 0.781. The average Bonchev–Trinajstić information content (AvgIpc) is 2.70. The van der Waals surface area contributed by atoms with Gasteiger partial charge < -0.3 is 10.0 Å². The molecule has 2 atom stereocenters. The predicted molar refractivity (Wildman–Crippen MR) is 102 cm³/mol. The Kier molecular flexibility index (Phi) is 4.55. The van der Waals surface area contributed by atoms with Crippen LogP contribution >= 0.6 is 0 Å². The van der Waals surface area contributed by atoms with Gasteiger partial charge in [0.25, 0.3) is 0 Å². The third-order valence-electron chi connectivity index (χ3n) is 5.10. The Morgan fingerprint density at radius 1 is 0.885 bits per heavy atom. The van der Waals surface area contributed by atoms with E-state index >= 15 is 0 Å². The van der Waals surface area contributed by atoms with Crippen LogP contribution in [0.3, 0.4) is 0 Å². The average molecular weight is 343 g/mol. The van der Waals surface area contributed by atoms with E-state index in [0.717, 1.165) is 22.3 Å². The molecule has 26 heavy (non-hydrogen) atoms. The van der Waals surface area contributed by atoms with E-state index in [0.29, 0.717) is 6.54 Å². The van der Waals surface area contributed by atoms with Gasteiger partial charge in [-0.25, -0.2) is 0 Å². The molecule has 0 bridgehead atoms. The van der Waals surface area contributed by atoms with Gasteiger partial charge in [-0.3, -0.25) is 4.79 Å². The number of amides is 1. The van der Waals surface area contributed by atoms with E-state index in [1.807, 2.05) is 83.8 Å². The fourth-order valence-corrected chi connectivity index (χ4v) is 3.81. The molecule has 0 saturated heterocycles. The lowest BCUT2D eigenvalue weighted by atomic mass is 9.83. The van der Waals surface area contributed by atoms with Gasteiger partial charge in [0.1, 0.15) is 0 Å². The van der Waals surface area contributed by atoms with Gasteiger partial charge in [-0.1, -0.05) is 84.9 Å². The number of fused-ring (bicyclic) bond motifs is 1. The third-order valence-corrected chi connectivity index (χ3v) is 5.10. The number of carbonyl (C=O) groups excluding carboxylic acids is 1. The summed E-state index contributed by atoms with van der Waals surface area (Å²) in [5.74, 6) is -0.295. The molecule has 4 rings (SSSR count). The van der Waals surface area contributed by atoms with Gasteiger partial charge in [0.15, 0.2) is 0 Å². The van der Waals surface area contributed by atoms with E-state index in [1.165, 1.54) is 0 Å². The minimum Gasteiger partial charge on any atom is -0.394 e. The number of aliphatic hydroxyl groups excluding tert-OH is 1. The number of carbonyl (C=O) groups is 1. The van der Waals surface area contributed by atoms with Crippen LogP contribution in [0.2, 0.25) is 0 Å². The molecule has 1 N–H and O–H groups in total. The van der Waals surface area contributed by atoms with Gasteiger partial charge >= 0.3 is 0 Å². The van der Waals surface area contributed by atoms with Crippen molar-refractivity contribution in [2.75, 3.05) is 6.61 Å². The van der Waals surface area contributed by atoms with Gasteiger partial charge in [0, 0.05) is 6.54 Å². The fourth-order valence-electron chi connectivity index (χ4n) is 3.81. The highest BCUT2D eigenvalue weighted by Crippen LogP contribution is 2.38. The van der Waals surface area contributed by atoms with Gasteiger partial charge in [-0.2, -0.15) is 0 Å². The Balaban J connectivity index is 1.80. The van der Waals surface area contributed by atoms with Crippen LogP contribution in [-0.2, 0) is 11.3 Å². The summed E-state index contributed by atoms with van der Waals surface area (Å²) >= 11 is 0. The van der Waals surface area contributed by atoms with Gasteiger partial charge in [0.2, 0.25) is 5.91 Å². The molecular weight excluding hydrogens is 322 g/mol. The molecule has 0 fully saturated rings. The van der Waals surface area contributed by atoms with Crippen LogP contribution in [0.1, 0.15) is 34.2 Å². The van der Waals surface area contributed by atoms with Crippen molar-refractivity contribution in [1.29, 1.82) is 0 Å². The molecular formula is C23H21NO2. The molecule has 130 valence electrons. The Bertz CT molecular complexity index is 892. The molecule has 1 aliphatic heterocycles. The molecule has 0 aromatic heterocycles. The number of hydrogen-bond donors (Lipinski definition) is 1. The first-order valence-corrected chi connectivity index (χ1v) is 8.88. The van der Waals surface area contributed by atoms with Crippen LogP contribution in [0.5, 0.6) is 0 Å². The van der Waals surface area contributed by atoms with Crippen molar-refractivity contribution in [3.05, 3.63) is 107 Å². The largest absolute Gasteiger partial charge is 0.394 e. The highest BCUT2D eigenvalue weighted by molar-refractivity contribution is 5.89. The summed E-state index contributed by atoms with van der Waals surface area (Å²) in [7, 11) is 0. The second kappa shape index (κ2) is 7.14. The second-order valence-corrected chi connectivity index (χ2v) is 6.62. The van der Waals surface area contributed by atoms with Gasteiger partial charge in [0.05, 0.1) is 18.6 Å². The van der Waals surface area contributed by atoms with Gasteiger partial charge in [-0.15, -0.1) is 0 Å². The zero-order valence-electron chi connectivity index (χ0n) is 14.5. The van der Waals surface area contributed by atoms with E-state index in [1.54, 1.807) is 0 Å². The number of rotatable bonds is 4. The van der Waals surface area contributed by atoms with Crippen LogP contribution in [0, 0.1) is 0 Å². The zero-order valence-corrected chi connectivity index (χ0v) is 14.5. The maximum absolute atomic E-state index is 13.5. The number of aliphatic hydroxyl groups is 1. The zero-order chi connectivity index (χ0) is 17.9. The summed E-state index contributed by atoms with van der Waals surface area (Å²) in [4.78, 5) is 15.3. The SMILES string of the molecule is O=C1[C@H](c2ccccc2)c2ccccc2CN1[C@@H](CO)c1ccccc1. The first-order valence-electron chi connectivity index (χ1n) is 8.88. The van der Waals surface area contributed by atoms with Crippen molar-refractivity contribution >= 4 is 5.91 Å². The van der Waals surface area contributed by atoms with Crippen molar-refractivity contribution in [1.82, 2.24) is 4.90 Å². The lowest BCUT2D eigenvalue weighted by molar-refractivity contribution is -0.137. The lowest BCUT2D eigenvalue weighted by Crippen LogP contribution is -2.43. The van der Waals surface area contributed by atoms with Crippen molar-refractivity contribution in [3.8, 4) is 0 Å². The van der Waals surface area contributed by atoms with E-state index < -0.39 is 0 Å². The maximum atomic E-state index is 13.5. The lowest BCUT2D eigenvalue weighted by Gasteiger charge is -2.39. The van der Waals surface area contributed by atoms with Crippen LogP contribution in [0.15, 0.2) is 84.9 Å². The maximum Gasteiger partial charge on any atom is 0.235 e. The Hall–Kier alpha value is -2.91. The summed E-state index contributed by atoms with van der Waals surface area (Å²) in [6.45, 7) is 0.415.